The number of esters is 1. The average Bonchev–Trinajstić information content (AvgIpc) is 2.24. The van der Waals surface area contributed by atoms with Gasteiger partial charge in [0.15, 0.2) is 0 Å². The maximum absolute atomic E-state index is 11.7. The molecule has 4 nitrogen and oxygen atoms in total. The molecular formula is C12H15NO3. The second kappa shape index (κ2) is 4.99. The summed E-state index contributed by atoms with van der Waals surface area (Å²) in [7, 11) is 0. The number of hydrogen-bond donors (Lipinski definition) is 1. The molecule has 1 aromatic carbocycles. The van der Waals surface area contributed by atoms with Gasteiger partial charge in [0.1, 0.15) is 0 Å². The summed E-state index contributed by atoms with van der Waals surface area (Å²) < 4.78 is 10.1. The molecule has 0 bridgehead atoms. The number of carbonyl (C=O) groups is 1. The number of hydrogen-bond acceptors (Lipinski definition) is 4. The Kier molecular flexibility index (Phi) is 3.41. The molecule has 1 aliphatic rings. The Morgan fingerprint density at radius 3 is 2.88 bits per heavy atom. The molecule has 0 spiro atoms. The third-order valence-corrected chi connectivity index (χ3v) is 2.42. The molecule has 0 atom stereocenters. The van der Waals surface area contributed by atoms with Gasteiger partial charge in [-0.05, 0) is 19.1 Å². The summed E-state index contributed by atoms with van der Waals surface area (Å²) in [5.41, 5.74) is 1.39. The first-order chi connectivity index (χ1) is 7.81. The van der Waals surface area contributed by atoms with Crippen LogP contribution in [0.2, 0.25) is 0 Å². The van der Waals surface area contributed by atoms with Gasteiger partial charge in [0, 0.05) is 5.69 Å². The van der Waals surface area contributed by atoms with Gasteiger partial charge in [0.05, 0.1) is 31.4 Å². The van der Waals surface area contributed by atoms with Gasteiger partial charge >= 0.3 is 5.97 Å². The standard InChI is InChI=1S/C12H15NO3/c1-2-16-12(14)10-5-3-4-6-11(10)13-9-7-15-8-9/h3-6,9,13H,2,7-8H2,1H3. The van der Waals surface area contributed by atoms with E-state index in [2.05, 4.69) is 5.32 Å². The summed E-state index contributed by atoms with van der Waals surface area (Å²) in [6.45, 7) is 3.57. The van der Waals surface area contributed by atoms with E-state index in [1.165, 1.54) is 0 Å². The number of ether oxygens (including phenoxy) is 2. The van der Waals surface area contributed by atoms with Crippen molar-refractivity contribution in [2.75, 3.05) is 25.1 Å². The van der Waals surface area contributed by atoms with Crippen LogP contribution in [-0.2, 0) is 9.47 Å². The molecule has 86 valence electrons. The molecule has 1 saturated heterocycles. The monoisotopic (exact) mass is 221 g/mol. The van der Waals surface area contributed by atoms with Crippen molar-refractivity contribution in [3.8, 4) is 0 Å². The molecule has 0 aromatic heterocycles. The van der Waals surface area contributed by atoms with Crippen LogP contribution in [0.1, 0.15) is 17.3 Å². The highest BCUT2D eigenvalue weighted by molar-refractivity contribution is 5.95. The van der Waals surface area contributed by atoms with Crippen molar-refractivity contribution < 1.29 is 14.3 Å². The molecule has 2 rings (SSSR count). The quantitative estimate of drug-likeness (QED) is 0.786. The van der Waals surface area contributed by atoms with E-state index in [9.17, 15) is 4.79 Å². The first-order valence-corrected chi connectivity index (χ1v) is 5.41. The molecule has 0 amide bonds. The maximum atomic E-state index is 11.7. The van der Waals surface area contributed by atoms with Crippen LogP contribution in [-0.4, -0.2) is 31.8 Å². The fourth-order valence-electron chi connectivity index (χ4n) is 1.53. The Bertz CT molecular complexity index is 374. The van der Waals surface area contributed by atoms with Crippen molar-refractivity contribution in [3.63, 3.8) is 0 Å². The van der Waals surface area contributed by atoms with Crippen LogP contribution in [0.25, 0.3) is 0 Å². The van der Waals surface area contributed by atoms with Gasteiger partial charge in [-0.25, -0.2) is 4.79 Å². The van der Waals surface area contributed by atoms with Crippen LogP contribution in [0.15, 0.2) is 24.3 Å². The highest BCUT2D eigenvalue weighted by atomic mass is 16.5. The summed E-state index contributed by atoms with van der Waals surface area (Å²) in [6, 6.07) is 7.67. The van der Waals surface area contributed by atoms with Gasteiger partial charge in [0.25, 0.3) is 0 Å². The van der Waals surface area contributed by atoms with E-state index in [-0.39, 0.29) is 5.97 Å². The normalized spacial score (nSPS) is 15.3. The highest BCUT2D eigenvalue weighted by Gasteiger charge is 2.20. The zero-order chi connectivity index (χ0) is 11.4. The summed E-state index contributed by atoms with van der Waals surface area (Å²) >= 11 is 0. The van der Waals surface area contributed by atoms with E-state index in [1.807, 2.05) is 18.2 Å². The van der Waals surface area contributed by atoms with Gasteiger partial charge < -0.3 is 14.8 Å². The van der Waals surface area contributed by atoms with E-state index >= 15 is 0 Å². The van der Waals surface area contributed by atoms with Crippen LogP contribution < -0.4 is 5.32 Å². The minimum absolute atomic E-state index is 0.286. The Balaban J connectivity index is 2.12. The average molecular weight is 221 g/mol. The predicted molar refractivity (Wildman–Crippen MR) is 60.6 cm³/mol. The van der Waals surface area contributed by atoms with Crippen molar-refractivity contribution in [2.24, 2.45) is 0 Å². The van der Waals surface area contributed by atoms with Gasteiger partial charge in [-0.1, -0.05) is 12.1 Å². The lowest BCUT2D eigenvalue weighted by Crippen LogP contribution is -2.40. The predicted octanol–water partition coefficient (Wildman–Crippen LogP) is 1.67. The zero-order valence-electron chi connectivity index (χ0n) is 9.23. The second-order valence-electron chi connectivity index (χ2n) is 3.64. The minimum atomic E-state index is -0.286. The molecule has 1 N–H and O–H groups in total. The molecule has 1 heterocycles. The van der Waals surface area contributed by atoms with Crippen molar-refractivity contribution in [3.05, 3.63) is 29.8 Å². The van der Waals surface area contributed by atoms with Crippen molar-refractivity contribution in [2.45, 2.75) is 13.0 Å². The number of nitrogens with one attached hydrogen (secondary N) is 1. The molecule has 1 aliphatic heterocycles. The van der Waals surface area contributed by atoms with Crippen LogP contribution in [0.4, 0.5) is 5.69 Å². The van der Waals surface area contributed by atoms with Crippen LogP contribution in [0.5, 0.6) is 0 Å². The third-order valence-electron chi connectivity index (χ3n) is 2.42. The van der Waals surface area contributed by atoms with Crippen LogP contribution in [0.3, 0.4) is 0 Å². The van der Waals surface area contributed by atoms with E-state index in [0.29, 0.717) is 31.4 Å². The topological polar surface area (TPSA) is 47.6 Å². The van der Waals surface area contributed by atoms with Gasteiger partial charge in [-0.2, -0.15) is 0 Å². The van der Waals surface area contributed by atoms with Crippen LogP contribution in [0, 0.1) is 0 Å². The van der Waals surface area contributed by atoms with Gasteiger partial charge in [-0.3, -0.25) is 0 Å². The number of carbonyl (C=O) groups excluding carboxylic acids is 1. The molecule has 1 fully saturated rings. The Labute approximate surface area is 94.6 Å². The summed E-state index contributed by atoms with van der Waals surface area (Å²) in [6.07, 6.45) is 0. The number of rotatable bonds is 4. The van der Waals surface area contributed by atoms with Crippen molar-refractivity contribution >= 4 is 11.7 Å². The summed E-state index contributed by atoms with van der Waals surface area (Å²) in [4.78, 5) is 11.7. The fourth-order valence-corrected chi connectivity index (χ4v) is 1.53. The zero-order valence-corrected chi connectivity index (χ0v) is 9.23. The lowest BCUT2D eigenvalue weighted by Gasteiger charge is -2.28. The maximum Gasteiger partial charge on any atom is 0.340 e. The summed E-state index contributed by atoms with van der Waals surface area (Å²) in [5.74, 6) is -0.286. The Morgan fingerprint density at radius 2 is 2.25 bits per heavy atom. The number of anilines is 1. The van der Waals surface area contributed by atoms with Crippen LogP contribution >= 0.6 is 0 Å². The van der Waals surface area contributed by atoms with E-state index in [1.54, 1.807) is 13.0 Å². The Morgan fingerprint density at radius 1 is 1.50 bits per heavy atom. The summed E-state index contributed by atoms with van der Waals surface area (Å²) in [5, 5.41) is 3.26. The van der Waals surface area contributed by atoms with Crippen molar-refractivity contribution in [1.82, 2.24) is 0 Å². The van der Waals surface area contributed by atoms with E-state index < -0.39 is 0 Å². The highest BCUT2D eigenvalue weighted by Crippen LogP contribution is 2.19. The largest absolute Gasteiger partial charge is 0.462 e. The smallest absolute Gasteiger partial charge is 0.340 e. The molecule has 1 aromatic rings. The second-order valence-corrected chi connectivity index (χ2v) is 3.64. The Hall–Kier alpha value is -1.55. The molecule has 0 radical (unpaired) electrons. The molecule has 0 unspecified atom stereocenters. The van der Waals surface area contributed by atoms with E-state index in [0.717, 1.165) is 5.69 Å². The first kappa shape index (κ1) is 11.0. The molecule has 0 aliphatic carbocycles. The van der Waals surface area contributed by atoms with Crippen molar-refractivity contribution in [1.29, 1.82) is 0 Å². The SMILES string of the molecule is CCOC(=O)c1ccccc1NC1COC1. The number of benzene rings is 1. The van der Waals surface area contributed by atoms with Gasteiger partial charge in [-0.15, -0.1) is 0 Å². The third kappa shape index (κ3) is 2.33. The van der Waals surface area contributed by atoms with Gasteiger partial charge in [0.2, 0.25) is 0 Å². The van der Waals surface area contributed by atoms with E-state index in [4.69, 9.17) is 9.47 Å². The minimum Gasteiger partial charge on any atom is -0.462 e. The number of para-hydroxylation sites is 1. The fraction of sp³-hybridized carbons (Fsp3) is 0.417. The molecular weight excluding hydrogens is 206 g/mol. The molecule has 0 saturated carbocycles. The lowest BCUT2D eigenvalue weighted by molar-refractivity contribution is 0.0210. The first-order valence-electron chi connectivity index (χ1n) is 5.41. The lowest BCUT2D eigenvalue weighted by atomic mass is 10.1. The molecule has 16 heavy (non-hydrogen) atoms. The molecule has 4 heteroatoms.